The summed E-state index contributed by atoms with van der Waals surface area (Å²) in [5.74, 6) is -1.32. The number of rotatable bonds is 4. The predicted octanol–water partition coefficient (Wildman–Crippen LogP) is 3.78. The highest BCUT2D eigenvalue weighted by Crippen LogP contribution is 2.30. The molecule has 2 rings (SSSR count). The van der Waals surface area contributed by atoms with Crippen LogP contribution in [0.3, 0.4) is 0 Å². The van der Waals surface area contributed by atoms with Crippen LogP contribution < -0.4 is 10.1 Å². The number of halogens is 2. The van der Waals surface area contributed by atoms with E-state index in [1.165, 1.54) is 12.1 Å². The summed E-state index contributed by atoms with van der Waals surface area (Å²) in [7, 11) is 1.72. The fraction of sp³-hybridized carbons (Fsp3) is 0.200. The molecule has 0 aliphatic rings. The lowest BCUT2D eigenvalue weighted by Gasteiger charge is -2.11. The van der Waals surface area contributed by atoms with Gasteiger partial charge in [0.15, 0.2) is 17.4 Å². The Hall–Kier alpha value is -1.94. The van der Waals surface area contributed by atoms with Crippen molar-refractivity contribution in [2.24, 2.45) is 0 Å². The lowest BCUT2D eigenvalue weighted by Crippen LogP contribution is -2.06. The van der Waals surface area contributed by atoms with Crippen molar-refractivity contribution in [2.45, 2.75) is 13.5 Å². The third kappa shape index (κ3) is 3.09. The molecular formula is C15H15F2NO. The monoisotopic (exact) mass is 263 g/mol. The minimum Gasteiger partial charge on any atom is -0.451 e. The molecule has 100 valence electrons. The molecule has 19 heavy (non-hydrogen) atoms. The Morgan fingerprint density at radius 3 is 2.32 bits per heavy atom. The standard InChI is InChI=1S/C15H15F2NO/c1-10-5-3-4-6-14(10)19-15-12(16)7-11(9-18-2)8-13(15)17/h3-8,18H,9H2,1-2H3. The number of hydrogen-bond acceptors (Lipinski definition) is 2. The van der Waals surface area contributed by atoms with E-state index in [-0.39, 0.29) is 5.75 Å². The number of aryl methyl sites for hydroxylation is 1. The second kappa shape index (κ2) is 5.80. The van der Waals surface area contributed by atoms with Crippen molar-refractivity contribution in [3.8, 4) is 11.5 Å². The Morgan fingerprint density at radius 1 is 1.11 bits per heavy atom. The minimum atomic E-state index is -0.700. The van der Waals surface area contributed by atoms with E-state index in [0.29, 0.717) is 17.9 Å². The highest BCUT2D eigenvalue weighted by molar-refractivity contribution is 5.39. The molecule has 0 aliphatic carbocycles. The van der Waals surface area contributed by atoms with Gasteiger partial charge in [-0.3, -0.25) is 0 Å². The zero-order valence-electron chi connectivity index (χ0n) is 10.8. The fourth-order valence-electron chi connectivity index (χ4n) is 1.80. The van der Waals surface area contributed by atoms with Crippen molar-refractivity contribution in [3.05, 3.63) is 59.2 Å². The van der Waals surface area contributed by atoms with Gasteiger partial charge in [-0.2, -0.15) is 0 Å². The highest BCUT2D eigenvalue weighted by Gasteiger charge is 2.14. The molecule has 0 fully saturated rings. The van der Waals surface area contributed by atoms with E-state index in [1.807, 2.05) is 19.1 Å². The molecule has 0 heterocycles. The maximum Gasteiger partial charge on any atom is 0.198 e. The lowest BCUT2D eigenvalue weighted by atomic mass is 10.2. The van der Waals surface area contributed by atoms with Gasteiger partial charge in [0.2, 0.25) is 0 Å². The molecule has 0 spiro atoms. The topological polar surface area (TPSA) is 21.3 Å². The number of benzene rings is 2. The molecule has 0 saturated heterocycles. The number of nitrogens with one attached hydrogen (secondary N) is 1. The first-order chi connectivity index (χ1) is 9.11. The van der Waals surface area contributed by atoms with E-state index in [0.717, 1.165) is 5.56 Å². The average Bonchev–Trinajstić information content (AvgIpc) is 2.36. The molecule has 0 unspecified atom stereocenters. The van der Waals surface area contributed by atoms with Gasteiger partial charge in [-0.05, 0) is 43.3 Å². The molecule has 0 amide bonds. The van der Waals surface area contributed by atoms with Gasteiger partial charge < -0.3 is 10.1 Å². The van der Waals surface area contributed by atoms with E-state index >= 15 is 0 Å². The lowest BCUT2D eigenvalue weighted by molar-refractivity contribution is 0.404. The van der Waals surface area contributed by atoms with Crippen molar-refractivity contribution in [2.75, 3.05) is 7.05 Å². The van der Waals surface area contributed by atoms with Crippen molar-refractivity contribution >= 4 is 0 Å². The van der Waals surface area contributed by atoms with E-state index in [2.05, 4.69) is 5.32 Å². The maximum absolute atomic E-state index is 13.9. The summed E-state index contributed by atoms with van der Waals surface area (Å²) < 4.78 is 33.1. The third-order valence-corrected chi connectivity index (χ3v) is 2.74. The van der Waals surface area contributed by atoms with Crippen LogP contribution in [0.2, 0.25) is 0 Å². The van der Waals surface area contributed by atoms with E-state index in [1.54, 1.807) is 19.2 Å². The van der Waals surface area contributed by atoms with Crippen LogP contribution in [-0.2, 0) is 6.54 Å². The molecule has 0 aromatic heterocycles. The van der Waals surface area contributed by atoms with Crippen molar-refractivity contribution in [1.29, 1.82) is 0 Å². The Bertz CT molecular complexity index is 561. The molecule has 0 radical (unpaired) electrons. The van der Waals surface area contributed by atoms with Crippen molar-refractivity contribution < 1.29 is 13.5 Å². The van der Waals surface area contributed by atoms with Gasteiger partial charge in [0, 0.05) is 6.54 Å². The maximum atomic E-state index is 13.9. The molecule has 1 N–H and O–H groups in total. The van der Waals surface area contributed by atoms with Crippen LogP contribution in [0, 0.1) is 18.6 Å². The predicted molar refractivity (Wildman–Crippen MR) is 70.4 cm³/mol. The number of para-hydroxylation sites is 1. The molecule has 2 aromatic rings. The van der Waals surface area contributed by atoms with Gasteiger partial charge in [-0.1, -0.05) is 18.2 Å². The Labute approximate surface area is 111 Å². The minimum absolute atomic E-state index is 0.367. The first kappa shape index (κ1) is 13.5. The molecule has 0 bridgehead atoms. The Kier molecular flexibility index (Phi) is 4.12. The van der Waals surface area contributed by atoms with Crippen LogP contribution in [0.15, 0.2) is 36.4 Å². The fourth-order valence-corrected chi connectivity index (χ4v) is 1.80. The summed E-state index contributed by atoms with van der Waals surface area (Å²) in [5.41, 5.74) is 1.36. The zero-order valence-corrected chi connectivity index (χ0v) is 10.8. The Morgan fingerprint density at radius 2 is 1.74 bits per heavy atom. The largest absolute Gasteiger partial charge is 0.451 e. The van der Waals surface area contributed by atoms with Crippen LogP contribution in [0.4, 0.5) is 8.78 Å². The first-order valence-corrected chi connectivity index (χ1v) is 5.98. The van der Waals surface area contributed by atoms with Gasteiger partial charge >= 0.3 is 0 Å². The smallest absolute Gasteiger partial charge is 0.198 e. The number of ether oxygens (including phenoxy) is 1. The quantitative estimate of drug-likeness (QED) is 0.906. The first-order valence-electron chi connectivity index (χ1n) is 5.98. The summed E-state index contributed by atoms with van der Waals surface area (Å²) in [6.45, 7) is 2.22. The van der Waals surface area contributed by atoms with Crippen molar-refractivity contribution in [3.63, 3.8) is 0 Å². The van der Waals surface area contributed by atoms with Gasteiger partial charge in [0.05, 0.1) is 0 Å². The molecule has 0 saturated carbocycles. The van der Waals surface area contributed by atoms with Gasteiger partial charge in [-0.15, -0.1) is 0 Å². The van der Waals surface area contributed by atoms with E-state index < -0.39 is 11.6 Å². The summed E-state index contributed by atoms with van der Waals surface area (Å²) in [4.78, 5) is 0. The third-order valence-electron chi connectivity index (χ3n) is 2.74. The van der Waals surface area contributed by atoms with Crippen molar-refractivity contribution in [1.82, 2.24) is 5.32 Å². The van der Waals surface area contributed by atoms with E-state index in [4.69, 9.17) is 4.74 Å². The average molecular weight is 263 g/mol. The Balaban J connectivity index is 2.33. The normalized spacial score (nSPS) is 10.5. The molecule has 0 aliphatic heterocycles. The summed E-state index contributed by atoms with van der Waals surface area (Å²) in [5, 5.41) is 2.84. The second-order valence-corrected chi connectivity index (χ2v) is 4.29. The molecule has 2 nitrogen and oxygen atoms in total. The van der Waals surface area contributed by atoms with Gasteiger partial charge in [0.1, 0.15) is 5.75 Å². The molecule has 0 atom stereocenters. The molecule has 4 heteroatoms. The van der Waals surface area contributed by atoms with Crippen LogP contribution in [0.5, 0.6) is 11.5 Å². The van der Waals surface area contributed by atoms with Gasteiger partial charge in [0.25, 0.3) is 0 Å². The SMILES string of the molecule is CNCc1cc(F)c(Oc2ccccc2C)c(F)c1. The van der Waals surface area contributed by atoms with Crippen LogP contribution in [0.25, 0.3) is 0 Å². The number of hydrogen-bond donors (Lipinski definition) is 1. The van der Waals surface area contributed by atoms with Gasteiger partial charge in [-0.25, -0.2) is 8.78 Å². The highest BCUT2D eigenvalue weighted by atomic mass is 19.1. The molecular weight excluding hydrogens is 248 g/mol. The summed E-state index contributed by atoms with van der Waals surface area (Å²) >= 11 is 0. The molecule has 2 aromatic carbocycles. The summed E-state index contributed by atoms with van der Waals surface area (Å²) in [6.07, 6.45) is 0. The van der Waals surface area contributed by atoms with Crippen LogP contribution in [0.1, 0.15) is 11.1 Å². The zero-order chi connectivity index (χ0) is 13.8. The second-order valence-electron chi connectivity index (χ2n) is 4.29. The van der Waals surface area contributed by atoms with Crippen LogP contribution in [-0.4, -0.2) is 7.05 Å². The summed E-state index contributed by atoms with van der Waals surface area (Å²) in [6, 6.07) is 9.63. The van der Waals surface area contributed by atoms with Crippen LogP contribution >= 0.6 is 0 Å². The van der Waals surface area contributed by atoms with E-state index in [9.17, 15) is 8.78 Å².